The van der Waals surface area contributed by atoms with Gasteiger partial charge in [-0.2, -0.15) is 0 Å². The molecule has 4 rings (SSSR count). The van der Waals surface area contributed by atoms with Crippen LogP contribution in [0.15, 0.2) is 48.5 Å². The smallest absolute Gasteiger partial charge is 0.0725 e. The molecule has 1 heterocycles. The van der Waals surface area contributed by atoms with Crippen molar-refractivity contribution in [2.75, 3.05) is 0 Å². The van der Waals surface area contributed by atoms with Crippen LogP contribution < -0.4 is 0 Å². The number of hydrogen-bond donors (Lipinski definition) is 0. The van der Waals surface area contributed by atoms with Gasteiger partial charge in [-0.1, -0.05) is 48.5 Å². The Balaban J connectivity index is 1.53. The first-order valence-corrected chi connectivity index (χ1v) is 7.65. The molecule has 2 aromatic rings. The molecule has 1 aliphatic heterocycles. The molecule has 1 aliphatic carbocycles. The third-order valence-electron chi connectivity index (χ3n) is 4.51. The maximum atomic E-state index is 6.71. The summed E-state index contributed by atoms with van der Waals surface area (Å²) in [4.78, 5) is 0. The van der Waals surface area contributed by atoms with Crippen molar-refractivity contribution in [1.29, 1.82) is 0 Å². The average molecular weight is 285 g/mol. The SMILES string of the molecule is ClC(c1ccc2c(c1)COC2)C1CC1c1ccccc1. The van der Waals surface area contributed by atoms with E-state index in [0.717, 1.165) is 13.2 Å². The van der Waals surface area contributed by atoms with E-state index in [-0.39, 0.29) is 5.38 Å². The maximum Gasteiger partial charge on any atom is 0.0725 e. The van der Waals surface area contributed by atoms with Gasteiger partial charge >= 0.3 is 0 Å². The van der Waals surface area contributed by atoms with Crippen LogP contribution >= 0.6 is 11.6 Å². The molecule has 0 bridgehead atoms. The van der Waals surface area contributed by atoms with E-state index >= 15 is 0 Å². The summed E-state index contributed by atoms with van der Waals surface area (Å²) in [6, 6.07) is 17.3. The molecule has 3 atom stereocenters. The van der Waals surface area contributed by atoms with E-state index in [2.05, 4.69) is 48.5 Å². The molecule has 0 radical (unpaired) electrons. The van der Waals surface area contributed by atoms with Gasteiger partial charge in [0.25, 0.3) is 0 Å². The molecule has 1 saturated carbocycles. The first-order valence-electron chi connectivity index (χ1n) is 7.21. The molecule has 1 fully saturated rings. The first-order chi connectivity index (χ1) is 9.83. The minimum absolute atomic E-state index is 0.117. The number of hydrogen-bond acceptors (Lipinski definition) is 1. The summed E-state index contributed by atoms with van der Waals surface area (Å²) in [7, 11) is 0. The molecular formula is C18H17ClO. The van der Waals surface area contributed by atoms with Crippen LogP contribution in [-0.4, -0.2) is 0 Å². The first kappa shape index (κ1) is 12.4. The van der Waals surface area contributed by atoms with E-state index in [1.807, 2.05) is 0 Å². The number of rotatable bonds is 3. The highest BCUT2D eigenvalue weighted by Gasteiger charge is 2.43. The van der Waals surface area contributed by atoms with Gasteiger partial charge in [-0.05, 0) is 40.5 Å². The van der Waals surface area contributed by atoms with E-state index in [4.69, 9.17) is 16.3 Å². The molecule has 2 heteroatoms. The zero-order valence-electron chi connectivity index (χ0n) is 11.3. The van der Waals surface area contributed by atoms with E-state index in [0.29, 0.717) is 11.8 Å². The number of benzene rings is 2. The van der Waals surface area contributed by atoms with Crippen molar-refractivity contribution in [3.63, 3.8) is 0 Å². The molecule has 2 aliphatic rings. The lowest BCUT2D eigenvalue weighted by Gasteiger charge is -2.11. The molecule has 0 saturated heterocycles. The van der Waals surface area contributed by atoms with Gasteiger partial charge in [0.05, 0.1) is 18.6 Å². The van der Waals surface area contributed by atoms with Gasteiger partial charge in [0.15, 0.2) is 0 Å². The summed E-state index contributed by atoms with van der Waals surface area (Å²) in [5, 5.41) is 0.117. The third kappa shape index (κ3) is 2.15. The van der Waals surface area contributed by atoms with Gasteiger partial charge < -0.3 is 4.74 Å². The van der Waals surface area contributed by atoms with Crippen molar-refractivity contribution in [3.8, 4) is 0 Å². The fraction of sp³-hybridized carbons (Fsp3) is 0.333. The fourth-order valence-electron chi connectivity index (χ4n) is 3.23. The van der Waals surface area contributed by atoms with Crippen molar-refractivity contribution in [2.45, 2.75) is 30.9 Å². The number of fused-ring (bicyclic) bond motifs is 1. The predicted octanol–water partition coefficient (Wildman–Crippen LogP) is 4.80. The van der Waals surface area contributed by atoms with E-state index in [1.54, 1.807) is 0 Å². The molecule has 1 nitrogen and oxygen atoms in total. The van der Waals surface area contributed by atoms with Crippen molar-refractivity contribution in [3.05, 3.63) is 70.8 Å². The zero-order chi connectivity index (χ0) is 13.5. The monoisotopic (exact) mass is 284 g/mol. The van der Waals surface area contributed by atoms with Gasteiger partial charge in [0, 0.05) is 0 Å². The molecule has 0 N–H and O–H groups in total. The highest BCUT2D eigenvalue weighted by atomic mass is 35.5. The summed E-state index contributed by atoms with van der Waals surface area (Å²) in [6.07, 6.45) is 1.20. The highest BCUT2D eigenvalue weighted by molar-refractivity contribution is 6.21. The summed E-state index contributed by atoms with van der Waals surface area (Å²) >= 11 is 6.71. The summed E-state index contributed by atoms with van der Waals surface area (Å²) in [5.41, 5.74) is 5.30. The van der Waals surface area contributed by atoms with Crippen LogP contribution in [-0.2, 0) is 18.0 Å². The molecule has 102 valence electrons. The van der Waals surface area contributed by atoms with Gasteiger partial charge in [-0.15, -0.1) is 11.6 Å². The Morgan fingerprint density at radius 2 is 1.80 bits per heavy atom. The van der Waals surface area contributed by atoms with Gasteiger partial charge in [0.2, 0.25) is 0 Å². The van der Waals surface area contributed by atoms with Crippen LogP contribution in [0.5, 0.6) is 0 Å². The topological polar surface area (TPSA) is 9.23 Å². The highest BCUT2D eigenvalue weighted by Crippen LogP contribution is 2.56. The van der Waals surface area contributed by atoms with Crippen molar-refractivity contribution in [2.24, 2.45) is 5.92 Å². The second-order valence-electron chi connectivity index (χ2n) is 5.84. The summed E-state index contributed by atoms with van der Waals surface area (Å²) in [6.45, 7) is 1.48. The molecule has 0 aromatic heterocycles. The lowest BCUT2D eigenvalue weighted by Crippen LogP contribution is -1.97. The van der Waals surface area contributed by atoms with Gasteiger partial charge in [0.1, 0.15) is 0 Å². The second-order valence-corrected chi connectivity index (χ2v) is 6.31. The molecule has 3 unspecified atom stereocenters. The summed E-state index contributed by atoms with van der Waals surface area (Å²) < 4.78 is 5.47. The Bertz CT molecular complexity index is 623. The number of alkyl halides is 1. The van der Waals surface area contributed by atoms with Crippen LogP contribution in [0.3, 0.4) is 0 Å². The third-order valence-corrected chi connectivity index (χ3v) is 5.08. The standard InChI is InChI=1S/C18H17ClO/c19-18(13-6-7-14-10-20-11-15(14)8-13)17-9-16(17)12-4-2-1-3-5-12/h1-8,16-18H,9-11H2. The Kier molecular flexibility index (Phi) is 3.05. The maximum absolute atomic E-state index is 6.71. The molecule has 2 aromatic carbocycles. The van der Waals surface area contributed by atoms with E-state index in [1.165, 1.54) is 28.7 Å². The second kappa shape index (κ2) is 4.91. The van der Waals surface area contributed by atoms with Gasteiger partial charge in [-0.3, -0.25) is 0 Å². The number of halogens is 1. The van der Waals surface area contributed by atoms with Crippen LogP contribution in [0.2, 0.25) is 0 Å². The largest absolute Gasteiger partial charge is 0.372 e. The normalized spacial score (nSPS) is 25.2. The number of ether oxygens (including phenoxy) is 1. The van der Waals surface area contributed by atoms with E-state index in [9.17, 15) is 0 Å². The van der Waals surface area contributed by atoms with E-state index < -0.39 is 0 Å². The molecule has 20 heavy (non-hydrogen) atoms. The Morgan fingerprint density at radius 1 is 1.00 bits per heavy atom. The minimum atomic E-state index is 0.117. The fourth-order valence-corrected chi connectivity index (χ4v) is 3.65. The average Bonchev–Trinajstić information content (AvgIpc) is 3.17. The zero-order valence-corrected chi connectivity index (χ0v) is 12.0. The Labute approximate surface area is 124 Å². The minimum Gasteiger partial charge on any atom is -0.372 e. The molecular weight excluding hydrogens is 268 g/mol. The van der Waals surface area contributed by atoms with Gasteiger partial charge in [-0.25, -0.2) is 0 Å². The molecule has 0 amide bonds. The Morgan fingerprint density at radius 3 is 2.65 bits per heavy atom. The Hall–Kier alpha value is -1.31. The quantitative estimate of drug-likeness (QED) is 0.736. The lowest BCUT2D eigenvalue weighted by molar-refractivity contribution is 0.134. The van der Waals surface area contributed by atoms with Crippen molar-refractivity contribution in [1.82, 2.24) is 0 Å². The van der Waals surface area contributed by atoms with Crippen LogP contribution in [0.25, 0.3) is 0 Å². The summed E-state index contributed by atoms with van der Waals surface area (Å²) in [5.74, 6) is 1.20. The predicted molar refractivity (Wildman–Crippen MR) is 80.8 cm³/mol. The van der Waals surface area contributed by atoms with Crippen molar-refractivity contribution < 1.29 is 4.74 Å². The van der Waals surface area contributed by atoms with Crippen LogP contribution in [0.1, 0.15) is 40.0 Å². The molecule has 0 spiro atoms. The van der Waals surface area contributed by atoms with Crippen LogP contribution in [0, 0.1) is 5.92 Å². The lowest BCUT2D eigenvalue weighted by atomic mass is 10.00. The van der Waals surface area contributed by atoms with Crippen molar-refractivity contribution >= 4 is 11.6 Å². The van der Waals surface area contributed by atoms with Crippen LogP contribution in [0.4, 0.5) is 0 Å².